The van der Waals surface area contributed by atoms with Gasteiger partial charge in [-0.15, -0.1) is 0 Å². The number of nitrogens with zero attached hydrogens (tertiary/aromatic N) is 2. The first-order valence-electron chi connectivity index (χ1n) is 5.96. The minimum Gasteiger partial charge on any atom is -0.348 e. The number of fused-ring (bicyclic) bond motifs is 1. The second kappa shape index (κ2) is 4.34. The van der Waals surface area contributed by atoms with E-state index in [9.17, 15) is 13.2 Å². The Labute approximate surface area is 110 Å². The Morgan fingerprint density at radius 2 is 2.32 bits per heavy atom. The molecule has 0 saturated carbocycles. The van der Waals surface area contributed by atoms with Crippen LogP contribution < -0.4 is 5.32 Å². The standard InChI is InChI=1S/C12H13N3O3S/c16-12(14-10-2-4-19(17,18)7-10)9-1-3-15-8-13-6-11(15)5-9/h1,3,5-6,8,10H,2,4,7H2,(H,14,16). The largest absolute Gasteiger partial charge is 0.348 e. The lowest BCUT2D eigenvalue weighted by Crippen LogP contribution is -2.35. The van der Waals surface area contributed by atoms with Gasteiger partial charge in [0.25, 0.3) is 5.91 Å². The predicted octanol–water partition coefficient (Wildman–Crippen LogP) is 0.251. The maximum Gasteiger partial charge on any atom is 0.251 e. The fourth-order valence-corrected chi connectivity index (χ4v) is 3.91. The van der Waals surface area contributed by atoms with E-state index in [1.807, 2.05) is 0 Å². The van der Waals surface area contributed by atoms with Crippen molar-refractivity contribution in [1.29, 1.82) is 0 Å². The molecule has 1 fully saturated rings. The maximum atomic E-state index is 12.0. The minimum atomic E-state index is -2.98. The van der Waals surface area contributed by atoms with E-state index < -0.39 is 9.84 Å². The molecule has 2 aromatic rings. The Hall–Kier alpha value is -1.89. The third kappa shape index (κ3) is 2.46. The van der Waals surface area contributed by atoms with E-state index in [2.05, 4.69) is 10.3 Å². The minimum absolute atomic E-state index is 0.0354. The smallest absolute Gasteiger partial charge is 0.251 e. The number of nitrogens with one attached hydrogen (secondary N) is 1. The highest BCUT2D eigenvalue weighted by molar-refractivity contribution is 7.91. The van der Waals surface area contributed by atoms with Crippen molar-refractivity contribution in [2.45, 2.75) is 12.5 Å². The number of hydrogen-bond donors (Lipinski definition) is 1. The molecule has 0 aromatic carbocycles. The summed E-state index contributed by atoms with van der Waals surface area (Å²) in [5.41, 5.74) is 1.34. The number of imidazole rings is 1. The zero-order valence-corrected chi connectivity index (χ0v) is 10.9. The van der Waals surface area contributed by atoms with Crippen molar-refractivity contribution >= 4 is 21.3 Å². The Morgan fingerprint density at radius 3 is 3.05 bits per heavy atom. The monoisotopic (exact) mass is 279 g/mol. The molecule has 0 aliphatic carbocycles. The van der Waals surface area contributed by atoms with Crippen LogP contribution in [0.1, 0.15) is 16.8 Å². The molecule has 19 heavy (non-hydrogen) atoms. The van der Waals surface area contributed by atoms with Gasteiger partial charge >= 0.3 is 0 Å². The van der Waals surface area contributed by atoms with Crippen molar-refractivity contribution in [3.63, 3.8) is 0 Å². The normalized spacial score (nSPS) is 21.6. The molecule has 3 heterocycles. The third-order valence-electron chi connectivity index (χ3n) is 3.24. The average Bonchev–Trinajstić information content (AvgIpc) is 2.94. The first-order valence-corrected chi connectivity index (χ1v) is 7.79. The Balaban J connectivity index is 1.76. The van der Waals surface area contributed by atoms with Gasteiger partial charge in [-0.3, -0.25) is 4.79 Å². The molecule has 0 bridgehead atoms. The molecule has 0 spiro atoms. The van der Waals surface area contributed by atoms with E-state index >= 15 is 0 Å². The van der Waals surface area contributed by atoms with Crippen LogP contribution in [-0.2, 0) is 9.84 Å². The van der Waals surface area contributed by atoms with E-state index in [1.165, 1.54) is 0 Å². The SMILES string of the molecule is O=C(NC1CCS(=O)(=O)C1)c1ccn2cncc2c1. The average molecular weight is 279 g/mol. The van der Waals surface area contributed by atoms with Gasteiger partial charge in [0.05, 0.1) is 29.5 Å². The quantitative estimate of drug-likeness (QED) is 0.854. The summed E-state index contributed by atoms with van der Waals surface area (Å²) >= 11 is 0. The van der Waals surface area contributed by atoms with Gasteiger partial charge in [-0.1, -0.05) is 0 Å². The van der Waals surface area contributed by atoms with Crippen molar-refractivity contribution in [1.82, 2.24) is 14.7 Å². The van der Waals surface area contributed by atoms with Gasteiger partial charge in [0, 0.05) is 17.8 Å². The van der Waals surface area contributed by atoms with Gasteiger partial charge in [0.1, 0.15) is 0 Å². The van der Waals surface area contributed by atoms with Crippen molar-refractivity contribution in [3.05, 3.63) is 36.4 Å². The maximum absolute atomic E-state index is 12.0. The molecule has 1 aliphatic heterocycles. The van der Waals surface area contributed by atoms with E-state index in [-0.39, 0.29) is 23.5 Å². The molecule has 1 aliphatic rings. The van der Waals surface area contributed by atoms with Crippen LogP contribution in [0.15, 0.2) is 30.9 Å². The molecule has 1 unspecified atom stereocenters. The lowest BCUT2D eigenvalue weighted by atomic mass is 10.2. The van der Waals surface area contributed by atoms with Gasteiger partial charge in [-0.05, 0) is 18.6 Å². The highest BCUT2D eigenvalue weighted by atomic mass is 32.2. The molecule has 1 saturated heterocycles. The molecule has 1 amide bonds. The van der Waals surface area contributed by atoms with E-state index in [0.717, 1.165) is 5.52 Å². The van der Waals surface area contributed by atoms with Crippen molar-refractivity contribution in [2.75, 3.05) is 11.5 Å². The lowest BCUT2D eigenvalue weighted by molar-refractivity contribution is 0.0941. The predicted molar refractivity (Wildman–Crippen MR) is 69.7 cm³/mol. The molecule has 2 aromatic heterocycles. The molecule has 1 N–H and O–H groups in total. The summed E-state index contributed by atoms with van der Waals surface area (Å²) in [7, 11) is -2.98. The lowest BCUT2D eigenvalue weighted by Gasteiger charge is -2.10. The zero-order chi connectivity index (χ0) is 13.5. The second-order valence-corrected chi connectivity index (χ2v) is 6.94. The van der Waals surface area contributed by atoms with Crippen LogP contribution in [0.5, 0.6) is 0 Å². The van der Waals surface area contributed by atoms with Gasteiger partial charge in [-0.25, -0.2) is 13.4 Å². The number of carbonyl (C=O) groups is 1. The molecule has 0 radical (unpaired) electrons. The molecule has 6 nitrogen and oxygen atoms in total. The summed E-state index contributed by atoms with van der Waals surface area (Å²) in [5, 5.41) is 2.76. The Kier molecular flexibility index (Phi) is 2.78. The Morgan fingerprint density at radius 1 is 1.47 bits per heavy atom. The van der Waals surface area contributed by atoms with Gasteiger partial charge in [0.15, 0.2) is 9.84 Å². The zero-order valence-electron chi connectivity index (χ0n) is 10.1. The van der Waals surface area contributed by atoms with Crippen LogP contribution in [-0.4, -0.2) is 41.3 Å². The molecular formula is C12H13N3O3S. The summed E-state index contributed by atoms with van der Waals surface area (Å²) in [6.07, 6.45) is 5.56. The topological polar surface area (TPSA) is 80.5 Å². The van der Waals surface area contributed by atoms with Crippen LogP contribution in [0.4, 0.5) is 0 Å². The molecular weight excluding hydrogens is 266 g/mol. The molecule has 7 heteroatoms. The van der Waals surface area contributed by atoms with E-state index in [0.29, 0.717) is 12.0 Å². The van der Waals surface area contributed by atoms with Crippen molar-refractivity contribution < 1.29 is 13.2 Å². The number of amides is 1. The second-order valence-electron chi connectivity index (χ2n) is 4.71. The highest BCUT2D eigenvalue weighted by Gasteiger charge is 2.29. The summed E-state index contributed by atoms with van der Waals surface area (Å²) in [5.74, 6) is -0.0569. The van der Waals surface area contributed by atoms with Crippen LogP contribution >= 0.6 is 0 Å². The van der Waals surface area contributed by atoms with Crippen LogP contribution in [0.2, 0.25) is 0 Å². The molecule has 100 valence electrons. The number of sulfone groups is 1. The van der Waals surface area contributed by atoms with E-state index in [1.54, 1.807) is 35.3 Å². The summed E-state index contributed by atoms with van der Waals surface area (Å²) in [6, 6.07) is 3.14. The molecule has 3 rings (SSSR count). The van der Waals surface area contributed by atoms with Crippen molar-refractivity contribution in [3.8, 4) is 0 Å². The van der Waals surface area contributed by atoms with Gasteiger partial charge in [-0.2, -0.15) is 0 Å². The number of hydrogen-bond acceptors (Lipinski definition) is 4. The number of carbonyl (C=O) groups excluding carboxylic acids is 1. The van der Waals surface area contributed by atoms with Gasteiger partial charge < -0.3 is 9.72 Å². The Bertz CT molecular complexity index is 736. The van der Waals surface area contributed by atoms with E-state index in [4.69, 9.17) is 0 Å². The summed E-state index contributed by atoms with van der Waals surface area (Å²) in [6.45, 7) is 0. The van der Waals surface area contributed by atoms with Crippen LogP contribution in [0, 0.1) is 0 Å². The molecule has 1 atom stereocenters. The van der Waals surface area contributed by atoms with Crippen LogP contribution in [0.3, 0.4) is 0 Å². The third-order valence-corrected chi connectivity index (χ3v) is 5.01. The first kappa shape index (κ1) is 12.2. The van der Waals surface area contributed by atoms with Crippen LogP contribution in [0.25, 0.3) is 5.52 Å². The van der Waals surface area contributed by atoms with Gasteiger partial charge in [0.2, 0.25) is 0 Å². The summed E-state index contributed by atoms with van der Waals surface area (Å²) < 4.78 is 24.5. The number of rotatable bonds is 2. The number of aromatic nitrogens is 2. The fourth-order valence-electron chi connectivity index (χ4n) is 2.24. The fraction of sp³-hybridized carbons (Fsp3) is 0.333. The first-order chi connectivity index (χ1) is 9.03. The van der Waals surface area contributed by atoms with Crippen molar-refractivity contribution in [2.24, 2.45) is 0 Å². The highest BCUT2D eigenvalue weighted by Crippen LogP contribution is 2.13. The number of pyridine rings is 1. The summed E-state index contributed by atoms with van der Waals surface area (Å²) in [4.78, 5) is 16.0.